The topological polar surface area (TPSA) is 18.5 Å². The van der Waals surface area contributed by atoms with Crippen LogP contribution in [0, 0.1) is 17.8 Å². The number of allylic oxidation sites excluding steroid dienone is 1. The monoisotopic (exact) mass is 380 g/mol. The molecule has 2 nitrogen and oxygen atoms in total. The Labute approximate surface area is 170 Å². The van der Waals surface area contributed by atoms with Gasteiger partial charge in [0.1, 0.15) is 0 Å². The molecule has 0 radical (unpaired) electrons. The summed E-state index contributed by atoms with van der Waals surface area (Å²) in [5, 5.41) is 0. The summed E-state index contributed by atoms with van der Waals surface area (Å²) in [7, 11) is 0. The lowest BCUT2D eigenvalue weighted by molar-refractivity contribution is -0.155. The van der Waals surface area contributed by atoms with E-state index in [-0.39, 0.29) is 6.29 Å². The van der Waals surface area contributed by atoms with E-state index < -0.39 is 0 Å². The summed E-state index contributed by atoms with van der Waals surface area (Å²) in [5.74, 6) is 2.64. The standard InChI is InChI=1S/C25H48O2/c1-21(2)11-8-12-22(3)13-9-14-23(4)15-10-16-24(5)18-20-27-25-17-6-7-19-26-25/h18,21-23,25H,6-17,19-20H2,1-5H3/b24-18+/t22-,23+,25-/m1/s1. The highest BCUT2D eigenvalue weighted by atomic mass is 16.7. The quantitative estimate of drug-likeness (QED) is 0.269. The van der Waals surface area contributed by atoms with Crippen LogP contribution >= 0.6 is 0 Å². The molecule has 0 aromatic rings. The molecule has 3 atom stereocenters. The first-order valence-electron chi connectivity index (χ1n) is 11.9. The molecule has 2 heteroatoms. The van der Waals surface area contributed by atoms with Crippen LogP contribution < -0.4 is 0 Å². The number of hydrogen-bond acceptors (Lipinski definition) is 2. The van der Waals surface area contributed by atoms with Crippen LogP contribution in [-0.2, 0) is 9.47 Å². The Balaban J connectivity index is 1.98. The summed E-state index contributed by atoms with van der Waals surface area (Å²) < 4.78 is 11.4. The van der Waals surface area contributed by atoms with Crippen molar-refractivity contribution in [1.29, 1.82) is 0 Å². The summed E-state index contributed by atoms with van der Waals surface area (Å²) in [6, 6.07) is 0. The van der Waals surface area contributed by atoms with E-state index in [1.807, 2.05) is 0 Å². The Bertz CT molecular complexity index is 369. The first kappa shape index (κ1) is 24.7. The summed E-state index contributed by atoms with van der Waals surface area (Å²) in [6.07, 6.45) is 18.1. The van der Waals surface area contributed by atoms with Crippen LogP contribution in [-0.4, -0.2) is 19.5 Å². The maximum atomic E-state index is 5.80. The van der Waals surface area contributed by atoms with Crippen LogP contribution in [0.2, 0.25) is 0 Å². The second kappa shape index (κ2) is 15.6. The van der Waals surface area contributed by atoms with Crippen LogP contribution in [0.5, 0.6) is 0 Å². The van der Waals surface area contributed by atoms with Gasteiger partial charge in [0, 0.05) is 6.61 Å². The van der Waals surface area contributed by atoms with Gasteiger partial charge in [-0.05, 0) is 56.8 Å². The van der Waals surface area contributed by atoms with Gasteiger partial charge in [0.05, 0.1) is 6.61 Å². The zero-order valence-electron chi connectivity index (χ0n) is 19.1. The normalized spacial score (nSPS) is 20.8. The van der Waals surface area contributed by atoms with Crippen molar-refractivity contribution < 1.29 is 9.47 Å². The Kier molecular flexibility index (Phi) is 14.2. The van der Waals surface area contributed by atoms with Gasteiger partial charge in [-0.2, -0.15) is 0 Å². The summed E-state index contributed by atoms with van der Waals surface area (Å²) in [5.41, 5.74) is 1.47. The van der Waals surface area contributed by atoms with Crippen molar-refractivity contribution in [3.05, 3.63) is 11.6 Å². The van der Waals surface area contributed by atoms with Crippen molar-refractivity contribution in [3.8, 4) is 0 Å². The molecule has 0 unspecified atom stereocenters. The first-order chi connectivity index (χ1) is 13.0. The molecule has 0 aromatic heterocycles. The highest BCUT2D eigenvalue weighted by Gasteiger charge is 2.13. The number of hydrogen-bond donors (Lipinski definition) is 0. The summed E-state index contributed by atoms with van der Waals surface area (Å²) in [4.78, 5) is 0. The minimum Gasteiger partial charge on any atom is -0.353 e. The fourth-order valence-electron chi connectivity index (χ4n) is 3.95. The van der Waals surface area contributed by atoms with Gasteiger partial charge in [0.25, 0.3) is 0 Å². The van der Waals surface area contributed by atoms with Crippen molar-refractivity contribution >= 4 is 0 Å². The largest absolute Gasteiger partial charge is 0.353 e. The molecule has 0 bridgehead atoms. The third-order valence-corrected chi connectivity index (χ3v) is 5.99. The zero-order chi connectivity index (χ0) is 19.9. The fourth-order valence-corrected chi connectivity index (χ4v) is 3.95. The van der Waals surface area contributed by atoms with E-state index in [0.717, 1.165) is 30.8 Å². The highest BCUT2D eigenvalue weighted by Crippen LogP contribution is 2.22. The van der Waals surface area contributed by atoms with E-state index >= 15 is 0 Å². The average Bonchev–Trinajstić information content (AvgIpc) is 2.62. The SMILES string of the molecule is C/C(=C\CO[C@@H]1CCCCO1)CCC[C@@H](C)CCC[C@H](C)CCCC(C)C. The molecule has 1 aliphatic heterocycles. The van der Waals surface area contributed by atoms with Crippen LogP contribution in [0.1, 0.15) is 112 Å². The molecule has 1 heterocycles. The smallest absolute Gasteiger partial charge is 0.157 e. The third-order valence-electron chi connectivity index (χ3n) is 5.99. The van der Waals surface area contributed by atoms with Gasteiger partial charge in [-0.3, -0.25) is 0 Å². The first-order valence-corrected chi connectivity index (χ1v) is 11.9. The lowest BCUT2D eigenvalue weighted by Gasteiger charge is -2.22. The predicted octanol–water partition coefficient (Wildman–Crippen LogP) is 7.92. The van der Waals surface area contributed by atoms with E-state index in [9.17, 15) is 0 Å². The van der Waals surface area contributed by atoms with Crippen molar-refractivity contribution in [3.63, 3.8) is 0 Å². The maximum Gasteiger partial charge on any atom is 0.157 e. The van der Waals surface area contributed by atoms with Gasteiger partial charge in [0.2, 0.25) is 0 Å². The Hall–Kier alpha value is -0.340. The van der Waals surface area contributed by atoms with Crippen LogP contribution in [0.25, 0.3) is 0 Å². The van der Waals surface area contributed by atoms with E-state index in [1.165, 1.54) is 76.2 Å². The molecule has 0 N–H and O–H groups in total. The molecular weight excluding hydrogens is 332 g/mol. The van der Waals surface area contributed by atoms with Crippen LogP contribution in [0.4, 0.5) is 0 Å². The molecule has 1 rings (SSSR count). The molecule has 0 spiro atoms. The average molecular weight is 381 g/mol. The van der Waals surface area contributed by atoms with Gasteiger partial charge in [-0.1, -0.05) is 84.3 Å². The van der Waals surface area contributed by atoms with Crippen LogP contribution in [0.3, 0.4) is 0 Å². The van der Waals surface area contributed by atoms with Gasteiger partial charge in [0.15, 0.2) is 6.29 Å². The van der Waals surface area contributed by atoms with E-state index in [0.29, 0.717) is 6.61 Å². The number of rotatable bonds is 15. The van der Waals surface area contributed by atoms with Crippen LogP contribution in [0.15, 0.2) is 11.6 Å². The molecule has 160 valence electrons. The summed E-state index contributed by atoms with van der Waals surface area (Å²) >= 11 is 0. The van der Waals surface area contributed by atoms with Gasteiger partial charge in [-0.15, -0.1) is 0 Å². The molecular formula is C25H48O2. The fraction of sp³-hybridized carbons (Fsp3) is 0.920. The van der Waals surface area contributed by atoms with E-state index in [2.05, 4.69) is 40.7 Å². The predicted molar refractivity (Wildman–Crippen MR) is 118 cm³/mol. The molecule has 1 fully saturated rings. The Morgan fingerprint density at radius 1 is 0.926 bits per heavy atom. The molecule has 0 amide bonds. The highest BCUT2D eigenvalue weighted by molar-refractivity contribution is 4.97. The summed E-state index contributed by atoms with van der Waals surface area (Å²) in [6.45, 7) is 13.4. The molecule has 0 aromatic carbocycles. The van der Waals surface area contributed by atoms with Crippen molar-refractivity contribution in [2.24, 2.45) is 17.8 Å². The Morgan fingerprint density at radius 3 is 2.15 bits per heavy atom. The zero-order valence-corrected chi connectivity index (χ0v) is 19.1. The Morgan fingerprint density at radius 2 is 1.56 bits per heavy atom. The van der Waals surface area contributed by atoms with E-state index in [1.54, 1.807) is 0 Å². The second-order valence-electron chi connectivity index (χ2n) is 9.54. The van der Waals surface area contributed by atoms with Crippen molar-refractivity contribution in [2.75, 3.05) is 13.2 Å². The molecule has 27 heavy (non-hydrogen) atoms. The molecule has 1 saturated heterocycles. The number of ether oxygens (including phenoxy) is 2. The van der Waals surface area contributed by atoms with Gasteiger partial charge in [-0.25, -0.2) is 0 Å². The van der Waals surface area contributed by atoms with Crippen molar-refractivity contribution in [1.82, 2.24) is 0 Å². The second-order valence-corrected chi connectivity index (χ2v) is 9.54. The van der Waals surface area contributed by atoms with Gasteiger partial charge >= 0.3 is 0 Å². The minimum absolute atomic E-state index is 0.0376. The molecule has 0 saturated carbocycles. The van der Waals surface area contributed by atoms with Crippen molar-refractivity contribution in [2.45, 2.75) is 118 Å². The maximum absolute atomic E-state index is 5.80. The third kappa shape index (κ3) is 14.3. The van der Waals surface area contributed by atoms with Gasteiger partial charge < -0.3 is 9.47 Å². The van der Waals surface area contributed by atoms with E-state index in [4.69, 9.17) is 9.47 Å². The molecule has 0 aliphatic carbocycles. The lowest BCUT2D eigenvalue weighted by atomic mass is 9.91. The lowest BCUT2D eigenvalue weighted by Crippen LogP contribution is -2.22. The minimum atomic E-state index is 0.0376. The molecule has 1 aliphatic rings.